The Kier molecular flexibility index (Phi) is 4.20. The van der Waals surface area contributed by atoms with Crippen molar-refractivity contribution in [3.8, 4) is 0 Å². The molecule has 0 aromatic rings. The average molecular weight is 235 g/mol. The van der Waals surface area contributed by atoms with Crippen LogP contribution in [0.15, 0.2) is 0 Å². The van der Waals surface area contributed by atoms with Crippen molar-refractivity contribution in [1.29, 1.82) is 0 Å². The van der Waals surface area contributed by atoms with Crippen LogP contribution < -0.4 is 5.32 Å². The summed E-state index contributed by atoms with van der Waals surface area (Å²) in [6, 6.07) is -0.733. The van der Waals surface area contributed by atoms with Gasteiger partial charge in [0.15, 0.2) is 0 Å². The zero-order chi connectivity index (χ0) is 12.2. The van der Waals surface area contributed by atoms with Gasteiger partial charge in [0, 0.05) is 12.8 Å². The van der Waals surface area contributed by atoms with Gasteiger partial charge in [-0.2, -0.15) is 0 Å². The predicted octanol–water partition coefficient (Wildman–Crippen LogP) is 1.74. The van der Waals surface area contributed by atoms with E-state index in [0.29, 0.717) is 6.29 Å². The van der Waals surface area contributed by atoms with E-state index in [1.165, 1.54) is 7.11 Å². The Labute approximate surface area is 92.3 Å². The van der Waals surface area contributed by atoms with Gasteiger partial charge in [-0.25, -0.2) is 13.6 Å². The second kappa shape index (κ2) is 5.23. The van der Waals surface area contributed by atoms with Gasteiger partial charge in [-0.05, 0) is 18.8 Å². The van der Waals surface area contributed by atoms with Crippen LogP contribution >= 0.6 is 0 Å². The number of carbonyl (C=O) groups is 2. The summed E-state index contributed by atoms with van der Waals surface area (Å²) in [5.74, 6) is -2.86. The van der Waals surface area contributed by atoms with E-state index in [-0.39, 0.29) is 31.6 Å². The van der Waals surface area contributed by atoms with Gasteiger partial charge in [-0.15, -0.1) is 0 Å². The molecule has 0 radical (unpaired) electrons. The van der Waals surface area contributed by atoms with Gasteiger partial charge in [0.2, 0.25) is 5.92 Å². The molecular formula is C10H15F2NO3. The number of aldehydes is 1. The molecule has 1 unspecified atom stereocenters. The van der Waals surface area contributed by atoms with Gasteiger partial charge < -0.3 is 14.8 Å². The summed E-state index contributed by atoms with van der Waals surface area (Å²) < 4.78 is 30.1. The zero-order valence-electron chi connectivity index (χ0n) is 9.04. The van der Waals surface area contributed by atoms with Crippen LogP contribution in [0.3, 0.4) is 0 Å². The van der Waals surface area contributed by atoms with E-state index in [9.17, 15) is 18.4 Å². The Bertz CT molecular complexity index is 261. The van der Waals surface area contributed by atoms with Crippen molar-refractivity contribution >= 4 is 12.4 Å². The summed E-state index contributed by atoms with van der Waals surface area (Å²) in [5, 5.41) is 2.34. The van der Waals surface area contributed by atoms with Gasteiger partial charge in [0.25, 0.3) is 0 Å². The lowest BCUT2D eigenvalue weighted by Crippen LogP contribution is -2.43. The van der Waals surface area contributed by atoms with Gasteiger partial charge >= 0.3 is 6.09 Å². The summed E-state index contributed by atoms with van der Waals surface area (Å²) in [7, 11) is 1.19. The van der Waals surface area contributed by atoms with E-state index < -0.39 is 18.1 Å². The Hall–Kier alpha value is -1.20. The Balaban J connectivity index is 2.49. The summed E-state index contributed by atoms with van der Waals surface area (Å²) >= 11 is 0. The van der Waals surface area contributed by atoms with Crippen molar-refractivity contribution in [1.82, 2.24) is 5.32 Å². The minimum Gasteiger partial charge on any atom is -0.453 e. The van der Waals surface area contributed by atoms with Crippen LogP contribution in [-0.4, -0.2) is 31.5 Å². The first-order valence-corrected chi connectivity index (χ1v) is 5.16. The molecule has 1 N–H and O–H groups in total. The van der Waals surface area contributed by atoms with Gasteiger partial charge in [0.1, 0.15) is 6.29 Å². The summed E-state index contributed by atoms with van der Waals surface area (Å²) in [6.07, 6.45) is -0.129. The van der Waals surface area contributed by atoms with E-state index in [4.69, 9.17) is 0 Å². The Morgan fingerprint density at radius 2 is 2.06 bits per heavy atom. The van der Waals surface area contributed by atoms with E-state index in [0.717, 1.165) is 0 Å². The smallest absolute Gasteiger partial charge is 0.407 e. The maximum Gasteiger partial charge on any atom is 0.407 e. The first-order valence-electron chi connectivity index (χ1n) is 5.16. The molecule has 1 atom stereocenters. The molecule has 1 saturated carbocycles. The van der Waals surface area contributed by atoms with Crippen molar-refractivity contribution in [3.63, 3.8) is 0 Å². The van der Waals surface area contributed by atoms with Crippen LogP contribution in [0, 0.1) is 5.92 Å². The number of alkyl halides is 2. The molecule has 92 valence electrons. The van der Waals surface area contributed by atoms with Crippen LogP contribution in [0.25, 0.3) is 0 Å². The third kappa shape index (κ3) is 3.43. The number of nitrogens with one attached hydrogen (secondary N) is 1. The zero-order valence-corrected chi connectivity index (χ0v) is 9.04. The van der Waals surface area contributed by atoms with E-state index in [2.05, 4.69) is 10.1 Å². The molecule has 4 nitrogen and oxygen atoms in total. The minimum atomic E-state index is -2.63. The van der Waals surface area contributed by atoms with Crippen molar-refractivity contribution in [2.24, 2.45) is 5.92 Å². The number of carbonyl (C=O) groups excluding carboxylic acids is 2. The summed E-state index contributed by atoms with van der Waals surface area (Å²) in [6.45, 7) is 0. The minimum absolute atomic E-state index is 0.226. The highest BCUT2D eigenvalue weighted by atomic mass is 19.3. The average Bonchev–Trinajstić information content (AvgIpc) is 2.26. The lowest BCUT2D eigenvalue weighted by molar-refractivity contribution is -0.112. The monoisotopic (exact) mass is 235 g/mol. The quantitative estimate of drug-likeness (QED) is 0.758. The number of amides is 1. The molecule has 0 aromatic carbocycles. The maximum absolute atomic E-state index is 12.9. The van der Waals surface area contributed by atoms with Gasteiger partial charge in [-0.3, -0.25) is 0 Å². The lowest BCUT2D eigenvalue weighted by atomic mass is 9.82. The van der Waals surface area contributed by atoms with Crippen molar-refractivity contribution in [2.45, 2.75) is 37.6 Å². The summed E-state index contributed by atoms with van der Waals surface area (Å²) in [5.41, 5.74) is 0. The van der Waals surface area contributed by atoms with Crippen LogP contribution in [-0.2, 0) is 9.53 Å². The van der Waals surface area contributed by atoms with E-state index in [1.807, 2.05) is 0 Å². The first-order chi connectivity index (χ1) is 7.48. The number of rotatable bonds is 3. The van der Waals surface area contributed by atoms with E-state index >= 15 is 0 Å². The number of hydrogen-bond donors (Lipinski definition) is 1. The molecule has 0 aromatic heterocycles. The van der Waals surface area contributed by atoms with Crippen molar-refractivity contribution < 1.29 is 23.1 Å². The highest BCUT2D eigenvalue weighted by molar-refractivity contribution is 5.73. The normalized spacial score (nSPS) is 22.2. The molecule has 0 spiro atoms. The fourth-order valence-corrected chi connectivity index (χ4v) is 1.88. The number of methoxy groups -OCH3 is 1. The Morgan fingerprint density at radius 3 is 2.50 bits per heavy atom. The van der Waals surface area contributed by atoms with Crippen molar-refractivity contribution in [3.05, 3.63) is 0 Å². The third-order valence-electron chi connectivity index (χ3n) is 2.89. The predicted molar refractivity (Wildman–Crippen MR) is 52.3 cm³/mol. The first kappa shape index (κ1) is 12.9. The molecular weight excluding hydrogens is 220 g/mol. The molecule has 1 rings (SSSR count). The van der Waals surface area contributed by atoms with Gasteiger partial charge in [0.05, 0.1) is 13.2 Å². The molecule has 1 fully saturated rings. The molecule has 0 aliphatic heterocycles. The maximum atomic E-state index is 12.9. The molecule has 1 aliphatic rings. The molecule has 16 heavy (non-hydrogen) atoms. The molecule has 0 bridgehead atoms. The largest absolute Gasteiger partial charge is 0.453 e. The molecule has 1 amide bonds. The third-order valence-corrected chi connectivity index (χ3v) is 2.89. The van der Waals surface area contributed by atoms with Crippen LogP contribution in [0.4, 0.5) is 13.6 Å². The highest BCUT2D eigenvalue weighted by Gasteiger charge is 2.38. The SMILES string of the molecule is COC(=O)NC(C=O)C1CCC(F)(F)CC1. The summed E-state index contributed by atoms with van der Waals surface area (Å²) in [4.78, 5) is 21.7. The second-order valence-corrected chi connectivity index (χ2v) is 3.99. The number of halogens is 2. The fourth-order valence-electron chi connectivity index (χ4n) is 1.88. The topological polar surface area (TPSA) is 55.4 Å². The Morgan fingerprint density at radius 1 is 1.50 bits per heavy atom. The van der Waals surface area contributed by atoms with Gasteiger partial charge in [-0.1, -0.05) is 0 Å². The highest BCUT2D eigenvalue weighted by Crippen LogP contribution is 2.37. The lowest BCUT2D eigenvalue weighted by Gasteiger charge is -2.31. The van der Waals surface area contributed by atoms with Crippen molar-refractivity contribution in [2.75, 3.05) is 7.11 Å². The molecule has 0 saturated heterocycles. The number of hydrogen-bond acceptors (Lipinski definition) is 3. The fraction of sp³-hybridized carbons (Fsp3) is 0.800. The number of alkyl carbamates (subject to hydrolysis) is 1. The molecule has 1 aliphatic carbocycles. The van der Waals surface area contributed by atoms with Crippen LogP contribution in [0.5, 0.6) is 0 Å². The molecule has 0 heterocycles. The number of ether oxygens (including phenoxy) is 1. The second-order valence-electron chi connectivity index (χ2n) is 3.99. The van der Waals surface area contributed by atoms with Crippen LogP contribution in [0.1, 0.15) is 25.7 Å². The van der Waals surface area contributed by atoms with E-state index in [1.54, 1.807) is 0 Å². The van der Waals surface area contributed by atoms with Crippen LogP contribution in [0.2, 0.25) is 0 Å². The standard InChI is InChI=1S/C10H15F2NO3/c1-16-9(15)13-8(6-14)7-2-4-10(11,12)5-3-7/h6-8H,2-5H2,1H3,(H,13,15). The molecule has 6 heteroatoms.